The van der Waals surface area contributed by atoms with Crippen molar-refractivity contribution in [1.29, 1.82) is 0 Å². The van der Waals surface area contributed by atoms with Crippen LogP contribution in [0.5, 0.6) is 0 Å². The second-order valence-electron chi connectivity index (χ2n) is 16.8. The number of nitro benzene ring substituents is 1. The number of unbranched alkanes of at least 4 members (excludes halogenated alkanes) is 26. The van der Waals surface area contributed by atoms with E-state index in [0.717, 1.165) is 50.5 Å². The van der Waals surface area contributed by atoms with Gasteiger partial charge in [-0.3, -0.25) is 19.7 Å². The normalized spacial score (nSPS) is 11.1. The molecule has 2 aromatic carbocycles. The number of aliphatic carboxylic acids is 2. The van der Waals surface area contributed by atoms with E-state index in [-0.39, 0.29) is 17.2 Å². The van der Waals surface area contributed by atoms with Gasteiger partial charge in [0.25, 0.3) is 5.69 Å². The molecule has 354 valence electrons. The molecule has 2 aromatic rings. The Labute approximate surface area is 380 Å². The highest BCUT2D eigenvalue weighted by Gasteiger charge is 2.16. The summed E-state index contributed by atoms with van der Waals surface area (Å²) in [6, 6.07) is 12.5. The van der Waals surface area contributed by atoms with Crippen LogP contribution >= 0.6 is 11.9 Å². The molecular weight excluding hydrogens is 801 g/mol. The second-order valence-corrected chi connectivity index (χ2v) is 17.6. The van der Waals surface area contributed by atoms with Crippen molar-refractivity contribution >= 4 is 41.2 Å². The van der Waals surface area contributed by atoms with E-state index in [0.29, 0.717) is 17.0 Å². The van der Waals surface area contributed by atoms with Crippen LogP contribution < -0.4 is 4.72 Å². The number of nitrogens with one attached hydrogen (secondary N) is 1. The topological polar surface area (TPSA) is 167 Å². The average Bonchev–Trinajstić information content (AvgIpc) is 3.26. The van der Waals surface area contributed by atoms with E-state index in [1.165, 1.54) is 179 Å². The molecule has 0 aliphatic heterocycles. The average molecular weight is 887 g/mol. The molecule has 0 radical (unpaired) electrons. The molecule has 0 saturated heterocycles. The highest BCUT2D eigenvalue weighted by molar-refractivity contribution is 8.00. The third-order valence-electron chi connectivity index (χ3n) is 11.1. The fourth-order valence-corrected chi connectivity index (χ4v) is 7.98. The van der Waals surface area contributed by atoms with E-state index in [1.54, 1.807) is 30.3 Å². The molecule has 0 heterocycles. The summed E-state index contributed by atoms with van der Waals surface area (Å²) in [4.78, 5) is 43.1. The van der Waals surface area contributed by atoms with Crippen LogP contribution in [0.15, 0.2) is 53.4 Å². The molecule has 4 N–H and O–H groups in total. The van der Waals surface area contributed by atoms with Crippen molar-refractivity contribution in [2.24, 2.45) is 5.92 Å². The maximum Gasteiger partial charge on any atom is 0.335 e. The van der Waals surface area contributed by atoms with Crippen LogP contribution in [0.3, 0.4) is 0 Å². The fraction of sp³-hybridized carbons (Fsp3) is 0.706. The molecule has 1 unspecified atom stereocenters. The van der Waals surface area contributed by atoms with Crippen LogP contribution in [0.25, 0.3) is 0 Å². The van der Waals surface area contributed by atoms with E-state index in [2.05, 4.69) is 25.5 Å². The summed E-state index contributed by atoms with van der Waals surface area (Å²) < 4.78 is 2.94. The molecule has 0 fully saturated rings. The van der Waals surface area contributed by atoms with E-state index in [9.17, 15) is 29.6 Å². The Morgan fingerprint density at radius 1 is 0.548 bits per heavy atom. The van der Waals surface area contributed by atoms with Crippen molar-refractivity contribution < 1.29 is 34.6 Å². The van der Waals surface area contributed by atoms with Gasteiger partial charge in [0.15, 0.2) is 0 Å². The van der Waals surface area contributed by atoms with Crippen molar-refractivity contribution in [1.82, 2.24) is 0 Å². The fourth-order valence-electron chi connectivity index (χ4n) is 7.22. The number of anilines is 1. The van der Waals surface area contributed by atoms with Crippen LogP contribution in [0.1, 0.15) is 237 Å². The first-order chi connectivity index (χ1) is 30.1. The lowest BCUT2D eigenvalue weighted by Crippen LogP contribution is -2.13. The van der Waals surface area contributed by atoms with Crippen molar-refractivity contribution in [2.75, 3.05) is 4.72 Å². The highest BCUT2D eigenvalue weighted by atomic mass is 32.2. The number of nitro groups is 1. The lowest BCUT2D eigenvalue weighted by Gasteiger charge is -2.11. The molecule has 0 spiro atoms. The van der Waals surface area contributed by atoms with Gasteiger partial charge in [-0.15, -0.1) is 0 Å². The lowest BCUT2D eigenvalue weighted by molar-refractivity contribution is -0.387. The Hall–Kier alpha value is -3.60. The maximum absolute atomic E-state index is 11.1. The Morgan fingerprint density at radius 2 is 0.919 bits per heavy atom. The summed E-state index contributed by atoms with van der Waals surface area (Å²) >= 11 is 1.10. The Morgan fingerprint density at radius 3 is 1.29 bits per heavy atom. The monoisotopic (exact) mass is 887 g/mol. The van der Waals surface area contributed by atoms with Gasteiger partial charge in [0.05, 0.1) is 16.4 Å². The van der Waals surface area contributed by atoms with E-state index in [1.807, 2.05) is 0 Å². The Bertz CT molecular complexity index is 1390. The zero-order chi connectivity index (χ0) is 45.9. The smallest absolute Gasteiger partial charge is 0.335 e. The van der Waals surface area contributed by atoms with Crippen LogP contribution in [-0.4, -0.2) is 38.2 Å². The molecular formula is C51H86N2O8S. The van der Waals surface area contributed by atoms with Crippen molar-refractivity contribution in [2.45, 2.75) is 231 Å². The standard InChI is InChI=1S/C22H44O2.C16H32O2.C13H10N2O4S/c1-2-3-4-5-6-7-8-9-10-11-12-13-14-15-16-17-18-19-20-21-22(23)24;1-3-5-7-9-10-12-14-15(16(17)18)13-11-8-6-4-2;16-13(17)9-5-7-10(8-6-9)14-20-12-4-2-1-3-11(12)15(18)19/h2-21H2,1H3,(H,23,24);15H,3-14H2,1-2H3,(H,17,18);1-8,14H,(H,16,17). The highest BCUT2D eigenvalue weighted by Crippen LogP contribution is 2.29. The molecule has 11 heteroatoms. The largest absolute Gasteiger partial charge is 0.481 e. The zero-order valence-electron chi connectivity index (χ0n) is 39.1. The van der Waals surface area contributed by atoms with Gasteiger partial charge >= 0.3 is 17.9 Å². The molecule has 62 heavy (non-hydrogen) atoms. The Balaban J connectivity index is 0.000000910. The minimum atomic E-state index is -0.997. The van der Waals surface area contributed by atoms with Gasteiger partial charge in [-0.25, -0.2) is 4.79 Å². The lowest BCUT2D eigenvalue weighted by atomic mass is 9.94. The van der Waals surface area contributed by atoms with Gasteiger partial charge in [0.2, 0.25) is 0 Å². The van der Waals surface area contributed by atoms with Gasteiger partial charge in [0, 0.05) is 18.2 Å². The zero-order valence-corrected chi connectivity index (χ0v) is 39.9. The molecule has 2 rings (SSSR count). The maximum atomic E-state index is 11.1. The molecule has 0 saturated carbocycles. The number of aromatic carboxylic acids is 1. The number of carboxylic acid groups (broad SMARTS) is 3. The van der Waals surface area contributed by atoms with Crippen LogP contribution in [0.4, 0.5) is 11.4 Å². The number of carboxylic acids is 3. The summed E-state index contributed by atoms with van der Waals surface area (Å²) in [6.07, 6.45) is 40.1. The molecule has 10 nitrogen and oxygen atoms in total. The third kappa shape index (κ3) is 35.9. The SMILES string of the molecule is CCCCCCCCC(CCCCCC)C(=O)O.CCCCCCCCCCCCCCCCCCCCCC(=O)O.O=C(O)c1ccc(NSc2ccccc2[N+](=O)[O-])cc1. The van der Waals surface area contributed by atoms with Gasteiger partial charge in [0.1, 0.15) is 4.90 Å². The minimum Gasteiger partial charge on any atom is -0.481 e. The predicted octanol–water partition coefficient (Wildman–Crippen LogP) is 16.7. The van der Waals surface area contributed by atoms with Crippen molar-refractivity contribution in [3.63, 3.8) is 0 Å². The first-order valence-corrected chi connectivity index (χ1v) is 25.3. The van der Waals surface area contributed by atoms with Gasteiger partial charge in [-0.2, -0.15) is 0 Å². The van der Waals surface area contributed by atoms with Gasteiger partial charge in [-0.05, 0) is 61.5 Å². The molecule has 0 bridgehead atoms. The quantitative estimate of drug-likeness (QED) is 0.0220. The van der Waals surface area contributed by atoms with Crippen molar-refractivity contribution in [3.05, 3.63) is 64.2 Å². The number of carbonyl (C=O) groups is 3. The summed E-state index contributed by atoms with van der Waals surface area (Å²) in [5, 5.41) is 37.4. The third-order valence-corrected chi connectivity index (χ3v) is 12.0. The van der Waals surface area contributed by atoms with Gasteiger partial charge in [-0.1, -0.05) is 213 Å². The minimum absolute atomic E-state index is 0.0205. The number of hydrogen-bond donors (Lipinski definition) is 4. The van der Waals surface area contributed by atoms with E-state index in [4.69, 9.17) is 10.2 Å². The number of benzene rings is 2. The first kappa shape index (κ1) is 58.4. The molecule has 0 aliphatic carbocycles. The molecule has 0 amide bonds. The van der Waals surface area contributed by atoms with E-state index < -0.39 is 22.8 Å². The second kappa shape index (κ2) is 42.7. The van der Waals surface area contributed by atoms with Crippen LogP contribution in [0.2, 0.25) is 0 Å². The predicted molar refractivity (Wildman–Crippen MR) is 260 cm³/mol. The van der Waals surface area contributed by atoms with E-state index >= 15 is 0 Å². The first-order valence-electron chi connectivity index (χ1n) is 24.5. The molecule has 0 aliphatic rings. The Kier molecular flexibility index (Phi) is 40.2. The van der Waals surface area contributed by atoms with Crippen molar-refractivity contribution in [3.8, 4) is 0 Å². The van der Waals surface area contributed by atoms with Crippen LogP contribution in [-0.2, 0) is 9.59 Å². The number of nitrogens with zero attached hydrogens (tertiary/aromatic N) is 1. The summed E-state index contributed by atoms with van der Waals surface area (Å²) in [6.45, 7) is 6.69. The van der Waals surface area contributed by atoms with Crippen LogP contribution in [0, 0.1) is 16.0 Å². The number of hydrogen-bond acceptors (Lipinski definition) is 7. The summed E-state index contributed by atoms with van der Waals surface area (Å²) in [5.41, 5.74) is 0.872. The summed E-state index contributed by atoms with van der Waals surface area (Å²) in [5.74, 6) is -2.32. The number of rotatable bonds is 38. The molecule has 0 aromatic heterocycles. The molecule has 1 atom stereocenters. The summed E-state index contributed by atoms with van der Waals surface area (Å²) in [7, 11) is 0. The van der Waals surface area contributed by atoms with Gasteiger partial charge < -0.3 is 20.0 Å². The number of para-hydroxylation sites is 1.